The van der Waals surface area contributed by atoms with Crippen LogP contribution in [-0.4, -0.2) is 12.3 Å². The molecule has 0 saturated heterocycles. The Morgan fingerprint density at radius 3 is 2.57 bits per heavy atom. The van der Waals surface area contributed by atoms with Gasteiger partial charge in [0.2, 0.25) is 12.3 Å². The zero-order valence-electron chi connectivity index (χ0n) is 9.21. The van der Waals surface area contributed by atoms with Crippen LogP contribution >= 0.6 is 0 Å². The van der Waals surface area contributed by atoms with Crippen molar-refractivity contribution < 1.29 is 9.59 Å². The SMILES string of the molecule is CCCCC(CC)CCC(=O)NC=O. The van der Waals surface area contributed by atoms with Crippen LogP contribution in [0.25, 0.3) is 0 Å². The Kier molecular flexibility index (Phi) is 8.19. The molecule has 0 heterocycles. The fraction of sp³-hybridized carbons (Fsp3) is 0.818. The second-order valence-corrected chi connectivity index (χ2v) is 3.64. The van der Waals surface area contributed by atoms with Crippen LogP contribution in [0.1, 0.15) is 52.4 Å². The van der Waals surface area contributed by atoms with Gasteiger partial charge in [-0.1, -0.05) is 39.5 Å². The molecule has 0 spiro atoms. The van der Waals surface area contributed by atoms with Crippen molar-refractivity contribution in [2.75, 3.05) is 0 Å². The average molecular weight is 199 g/mol. The Labute approximate surface area is 86.3 Å². The second-order valence-electron chi connectivity index (χ2n) is 3.64. The van der Waals surface area contributed by atoms with Crippen LogP contribution in [0.4, 0.5) is 0 Å². The highest BCUT2D eigenvalue weighted by molar-refractivity contribution is 5.85. The van der Waals surface area contributed by atoms with E-state index in [2.05, 4.69) is 19.2 Å². The van der Waals surface area contributed by atoms with Gasteiger partial charge in [0, 0.05) is 6.42 Å². The Bertz CT molecular complexity index is 169. The van der Waals surface area contributed by atoms with Gasteiger partial charge >= 0.3 is 0 Å². The predicted molar refractivity (Wildman–Crippen MR) is 56.7 cm³/mol. The van der Waals surface area contributed by atoms with Crippen molar-refractivity contribution >= 4 is 12.3 Å². The molecular weight excluding hydrogens is 178 g/mol. The number of rotatable bonds is 8. The van der Waals surface area contributed by atoms with Crippen molar-refractivity contribution in [1.29, 1.82) is 0 Å². The van der Waals surface area contributed by atoms with E-state index in [0.717, 1.165) is 12.8 Å². The molecule has 0 aromatic carbocycles. The van der Waals surface area contributed by atoms with Crippen molar-refractivity contribution in [1.82, 2.24) is 5.32 Å². The number of hydrogen-bond acceptors (Lipinski definition) is 2. The summed E-state index contributed by atoms with van der Waals surface area (Å²) < 4.78 is 0. The average Bonchev–Trinajstić information content (AvgIpc) is 2.19. The second kappa shape index (κ2) is 8.73. The number of carbonyl (C=O) groups is 2. The van der Waals surface area contributed by atoms with Gasteiger partial charge in [-0.3, -0.25) is 14.9 Å². The van der Waals surface area contributed by atoms with E-state index in [9.17, 15) is 9.59 Å². The summed E-state index contributed by atoms with van der Waals surface area (Å²) in [6, 6.07) is 0. The van der Waals surface area contributed by atoms with Crippen LogP contribution in [-0.2, 0) is 9.59 Å². The Balaban J connectivity index is 3.60. The van der Waals surface area contributed by atoms with Crippen LogP contribution in [0.5, 0.6) is 0 Å². The molecule has 0 radical (unpaired) electrons. The van der Waals surface area contributed by atoms with Gasteiger partial charge in [0.15, 0.2) is 0 Å². The maximum atomic E-state index is 11.0. The van der Waals surface area contributed by atoms with E-state index in [1.165, 1.54) is 19.3 Å². The van der Waals surface area contributed by atoms with Gasteiger partial charge in [-0.25, -0.2) is 0 Å². The van der Waals surface area contributed by atoms with E-state index in [4.69, 9.17) is 0 Å². The Morgan fingerprint density at radius 1 is 1.36 bits per heavy atom. The van der Waals surface area contributed by atoms with Crippen LogP contribution in [0.3, 0.4) is 0 Å². The van der Waals surface area contributed by atoms with E-state index >= 15 is 0 Å². The Morgan fingerprint density at radius 2 is 2.07 bits per heavy atom. The smallest absolute Gasteiger partial charge is 0.226 e. The van der Waals surface area contributed by atoms with E-state index in [1.54, 1.807) is 0 Å². The first-order valence-corrected chi connectivity index (χ1v) is 5.47. The number of amides is 2. The van der Waals surface area contributed by atoms with Gasteiger partial charge in [-0.05, 0) is 12.3 Å². The van der Waals surface area contributed by atoms with Crippen molar-refractivity contribution in [3.63, 3.8) is 0 Å². The van der Waals surface area contributed by atoms with Crippen molar-refractivity contribution in [2.45, 2.75) is 52.4 Å². The lowest BCUT2D eigenvalue weighted by atomic mass is 9.94. The van der Waals surface area contributed by atoms with Crippen LogP contribution in [0, 0.1) is 5.92 Å². The molecular formula is C11H21NO2. The summed E-state index contributed by atoms with van der Waals surface area (Å²) in [6.45, 7) is 4.32. The first kappa shape index (κ1) is 13.1. The molecule has 0 aromatic heterocycles. The third-order valence-corrected chi connectivity index (χ3v) is 2.54. The third-order valence-electron chi connectivity index (χ3n) is 2.54. The molecule has 3 nitrogen and oxygen atoms in total. The van der Waals surface area contributed by atoms with E-state index in [-0.39, 0.29) is 5.91 Å². The molecule has 0 fully saturated rings. The number of nitrogens with one attached hydrogen (secondary N) is 1. The van der Waals surface area contributed by atoms with Gasteiger partial charge in [0.05, 0.1) is 0 Å². The largest absolute Gasteiger partial charge is 0.299 e. The molecule has 2 amide bonds. The van der Waals surface area contributed by atoms with Crippen LogP contribution < -0.4 is 5.32 Å². The zero-order chi connectivity index (χ0) is 10.8. The molecule has 0 aliphatic carbocycles. The van der Waals surface area contributed by atoms with Crippen LogP contribution in [0.15, 0.2) is 0 Å². The molecule has 14 heavy (non-hydrogen) atoms. The molecule has 82 valence electrons. The normalized spacial score (nSPS) is 12.1. The summed E-state index contributed by atoms with van der Waals surface area (Å²) in [5.74, 6) is 0.474. The van der Waals surface area contributed by atoms with Crippen molar-refractivity contribution in [3.8, 4) is 0 Å². The minimum absolute atomic E-state index is 0.157. The first-order chi connectivity index (χ1) is 6.74. The molecule has 1 atom stereocenters. The Hall–Kier alpha value is -0.860. The maximum absolute atomic E-state index is 11.0. The van der Waals surface area contributed by atoms with Gasteiger partial charge in [0.25, 0.3) is 0 Å². The predicted octanol–water partition coefficient (Wildman–Crippen LogP) is 2.26. The number of unbranched alkanes of at least 4 members (excludes halogenated alkanes) is 1. The van der Waals surface area contributed by atoms with Gasteiger partial charge in [0.1, 0.15) is 0 Å². The molecule has 0 aliphatic heterocycles. The number of hydrogen-bond donors (Lipinski definition) is 1. The third kappa shape index (κ3) is 6.63. The minimum atomic E-state index is -0.157. The van der Waals surface area contributed by atoms with E-state index < -0.39 is 0 Å². The summed E-state index contributed by atoms with van der Waals surface area (Å²) in [6.07, 6.45) is 6.58. The quantitative estimate of drug-likeness (QED) is 0.609. The summed E-state index contributed by atoms with van der Waals surface area (Å²) in [4.78, 5) is 21.0. The summed E-state index contributed by atoms with van der Waals surface area (Å²) >= 11 is 0. The lowest BCUT2D eigenvalue weighted by Gasteiger charge is -2.12. The highest BCUT2D eigenvalue weighted by atomic mass is 16.2. The lowest BCUT2D eigenvalue weighted by Crippen LogP contribution is -2.21. The molecule has 1 unspecified atom stereocenters. The van der Waals surface area contributed by atoms with Crippen molar-refractivity contribution in [3.05, 3.63) is 0 Å². The highest BCUT2D eigenvalue weighted by Gasteiger charge is 2.08. The summed E-state index contributed by atoms with van der Waals surface area (Å²) in [7, 11) is 0. The lowest BCUT2D eigenvalue weighted by molar-refractivity contribution is -0.125. The molecule has 0 aliphatic rings. The molecule has 0 aromatic rings. The molecule has 0 bridgehead atoms. The summed E-state index contributed by atoms with van der Waals surface area (Å²) in [5, 5.41) is 2.16. The monoisotopic (exact) mass is 199 g/mol. The summed E-state index contributed by atoms with van der Waals surface area (Å²) in [5.41, 5.74) is 0. The molecule has 1 N–H and O–H groups in total. The van der Waals surface area contributed by atoms with E-state index in [1.807, 2.05) is 0 Å². The van der Waals surface area contributed by atoms with Gasteiger partial charge < -0.3 is 0 Å². The highest BCUT2D eigenvalue weighted by Crippen LogP contribution is 2.17. The molecule has 3 heteroatoms. The molecule has 0 rings (SSSR count). The van der Waals surface area contributed by atoms with Crippen molar-refractivity contribution in [2.24, 2.45) is 5.92 Å². The number of carbonyl (C=O) groups excluding carboxylic acids is 2. The zero-order valence-corrected chi connectivity index (χ0v) is 9.21. The minimum Gasteiger partial charge on any atom is -0.299 e. The first-order valence-electron chi connectivity index (χ1n) is 5.47. The fourth-order valence-electron chi connectivity index (χ4n) is 1.52. The topological polar surface area (TPSA) is 46.2 Å². The maximum Gasteiger partial charge on any atom is 0.226 e. The number of imide groups is 1. The standard InChI is InChI=1S/C11H21NO2/c1-3-5-6-10(4-2)7-8-11(14)12-9-13/h9-10H,3-8H2,1-2H3,(H,12,13,14). The fourth-order valence-corrected chi connectivity index (χ4v) is 1.52. The molecule has 0 saturated carbocycles. The van der Waals surface area contributed by atoms with Gasteiger partial charge in [-0.2, -0.15) is 0 Å². The van der Waals surface area contributed by atoms with Gasteiger partial charge in [-0.15, -0.1) is 0 Å². The van der Waals surface area contributed by atoms with E-state index in [0.29, 0.717) is 18.7 Å². The van der Waals surface area contributed by atoms with Crippen LogP contribution in [0.2, 0.25) is 0 Å².